The van der Waals surface area contributed by atoms with E-state index in [1.165, 1.54) is 11.3 Å². The molecule has 3 rings (SSSR count). The molecule has 0 radical (unpaired) electrons. The molecule has 2 nitrogen and oxygen atoms in total. The maximum absolute atomic E-state index is 13.2. The molecule has 3 aliphatic rings. The molecule has 0 aromatic carbocycles. The molecule has 126 valence electrons. The highest BCUT2D eigenvalue weighted by Crippen LogP contribution is 2.52. The molecule has 1 fully saturated rings. The average Bonchev–Trinajstić information content (AvgIpc) is 2.91. The van der Waals surface area contributed by atoms with E-state index in [9.17, 15) is 4.79 Å². The zero-order valence-corrected chi connectivity index (χ0v) is 15.9. The Labute approximate surface area is 141 Å². The van der Waals surface area contributed by atoms with E-state index in [0.717, 1.165) is 50.2 Å². The Balaban J connectivity index is 2.05. The van der Waals surface area contributed by atoms with Crippen LogP contribution < -0.4 is 0 Å². The molecule has 2 atom stereocenters. The normalized spacial score (nSPS) is 30.2. The summed E-state index contributed by atoms with van der Waals surface area (Å²) in [5.74, 6) is 1.70. The zero-order chi connectivity index (χ0) is 16.5. The molecule has 2 bridgehead atoms. The van der Waals surface area contributed by atoms with Crippen LogP contribution in [0.1, 0.15) is 52.9 Å². The van der Waals surface area contributed by atoms with Crippen LogP contribution in [0.4, 0.5) is 0 Å². The average molecular weight is 331 g/mol. The van der Waals surface area contributed by atoms with Crippen molar-refractivity contribution in [2.45, 2.75) is 71.0 Å². The number of fused-ring (bicyclic) bond motifs is 1. The van der Waals surface area contributed by atoms with Crippen LogP contribution in [-0.4, -0.2) is 14.1 Å². The molecule has 0 aromatic heterocycles. The van der Waals surface area contributed by atoms with Crippen molar-refractivity contribution in [3.05, 3.63) is 35.6 Å². The molecule has 0 aromatic rings. The predicted molar refractivity (Wildman–Crippen MR) is 97.6 cm³/mol. The molecular weight excluding hydrogens is 300 g/mol. The van der Waals surface area contributed by atoms with Crippen LogP contribution in [0, 0.1) is 11.3 Å². The Morgan fingerprint density at radius 3 is 2.61 bits per heavy atom. The summed E-state index contributed by atoms with van der Waals surface area (Å²) in [4.78, 5) is 13.2. The van der Waals surface area contributed by atoms with E-state index in [1.807, 2.05) is 0 Å². The molecule has 1 spiro atoms. The predicted octanol–water partition coefficient (Wildman–Crippen LogP) is 5.54. The van der Waals surface area contributed by atoms with Crippen LogP contribution >= 0.6 is 0 Å². The van der Waals surface area contributed by atoms with Gasteiger partial charge in [0.05, 0.1) is 11.2 Å². The number of ketones is 1. The van der Waals surface area contributed by atoms with Gasteiger partial charge < -0.3 is 4.43 Å². The van der Waals surface area contributed by atoms with E-state index in [4.69, 9.17) is 4.43 Å². The first kappa shape index (κ1) is 16.8. The minimum atomic E-state index is -1.68. The molecule has 0 aliphatic heterocycles. The number of carbonyl (C=O) groups is 1. The Morgan fingerprint density at radius 2 is 1.91 bits per heavy atom. The lowest BCUT2D eigenvalue weighted by atomic mass is 9.75. The second-order valence-corrected chi connectivity index (χ2v) is 12.0. The van der Waals surface area contributed by atoms with Crippen molar-refractivity contribution in [3.8, 4) is 0 Å². The van der Waals surface area contributed by atoms with Gasteiger partial charge in [0, 0.05) is 12.3 Å². The molecule has 0 heterocycles. The first-order valence-corrected chi connectivity index (χ1v) is 12.0. The van der Waals surface area contributed by atoms with Crippen molar-refractivity contribution in [1.29, 1.82) is 0 Å². The number of hydrogen-bond donors (Lipinski definition) is 0. The first-order chi connectivity index (χ1) is 11.1. The van der Waals surface area contributed by atoms with Crippen LogP contribution in [0.3, 0.4) is 0 Å². The lowest BCUT2D eigenvalue weighted by molar-refractivity contribution is -0.127. The van der Waals surface area contributed by atoms with E-state index < -0.39 is 8.32 Å². The van der Waals surface area contributed by atoms with Crippen molar-refractivity contribution in [2.24, 2.45) is 11.3 Å². The van der Waals surface area contributed by atoms with E-state index in [0.29, 0.717) is 5.78 Å². The van der Waals surface area contributed by atoms with Gasteiger partial charge in [-0.1, -0.05) is 45.1 Å². The van der Waals surface area contributed by atoms with Gasteiger partial charge in [0.1, 0.15) is 0 Å². The van der Waals surface area contributed by atoms with E-state index in [-0.39, 0.29) is 11.3 Å². The summed E-state index contributed by atoms with van der Waals surface area (Å²) in [6, 6.07) is 3.49. The van der Waals surface area contributed by atoms with Gasteiger partial charge in [-0.15, -0.1) is 0 Å². The van der Waals surface area contributed by atoms with Gasteiger partial charge in [-0.2, -0.15) is 0 Å². The maximum Gasteiger partial charge on any atom is 0.250 e. The van der Waals surface area contributed by atoms with Gasteiger partial charge >= 0.3 is 0 Å². The van der Waals surface area contributed by atoms with E-state index in [1.54, 1.807) is 0 Å². The largest absolute Gasteiger partial charge is 0.547 e. The summed E-state index contributed by atoms with van der Waals surface area (Å²) in [6.45, 7) is 6.84. The quantitative estimate of drug-likeness (QED) is 0.619. The first-order valence-electron chi connectivity index (χ1n) is 9.42. The monoisotopic (exact) mass is 330 g/mol. The number of allylic oxidation sites excluding steroid dienone is 6. The van der Waals surface area contributed by atoms with Gasteiger partial charge in [-0.05, 0) is 49.4 Å². The third kappa shape index (κ3) is 2.67. The molecular formula is C20H30O2Si. The summed E-state index contributed by atoms with van der Waals surface area (Å²) >= 11 is 0. The molecule has 0 saturated heterocycles. The van der Waals surface area contributed by atoms with Crippen molar-refractivity contribution >= 4 is 14.1 Å². The molecule has 3 aliphatic carbocycles. The maximum atomic E-state index is 13.2. The van der Waals surface area contributed by atoms with E-state index in [2.05, 4.69) is 45.1 Å². The summed E-state index contributed by atoms with van der Waals surface area (Å²) in [5, 5.41) is 0. The summed E-state index contributed by atoms with van der Waals surface area (Å²) < 4.78 is 6.82. The Hall–Kier alpha value is -1.09. The van der Waals surface area contributed by atoms with Crippen molar-refractivity contribution in [1.82, 2.24) is 0 Å². The van der Waals surface area contributed by atoms with Crippen molar-refractivity contribution in [3.63, 3.8) is 0 Å². The third-order valence-corrected chi connectivity index (χ3v) is 11.0. The van der Waals surface area contributed by atoms with Gasteiger partial charge in [0.25, 0.3) is 0 Å². The van der Waals surface area contributed by atoms with Gasteiger partial charge in [0.15, 0.2) is 5.78 Å². The van der Waals surface area contributed by atoms with E-state index >= 15 is 0 Å². The summed E-state index contributed by atoms with van der Waals surface area (Å²) in [7, 11) is -1.68. The molecule has 0 N–H and O–H groups in total. The molecule has 23 heavy (non-hydrogen) atoms. The van der Waals surface area contributed by atoms with Crippen molar-refractivity contribution < 1.29 is 9.22 Å². The smallest absolute Gasteiger partial charge is 0.250 e. The van der Waals surface area contributed by atoms with Gasteiger partial charge in [0.2, 0.25) is 8.32 Å². The lowest BCUT2D eigenvalue weighted by Gasteiger charge is -2.33. The lowest BCUT2D eigenvalue weighted by Crippen LogP contribution is -2.36. The van der Waals surface area contributed by atoms with Crippen LogP contribution in [0.15, 0.2) is 35.6 Å². The van der Waals surface area contributed by atoms with Crippen LogP contribution in [0.25, 0.3) is 0 Å². The fraction of sp³-hybridized carbons (Fsp3) is 0.650. The Morgan fingerprint density at radius 1 is 1.17 bits per heavy atom. The Bertz CT molecular complexity index is 560. The Kier molecular flexibility index (Phi) is 4.68. The summed E-state index contributed by atoms with van der Waals surface area (Å²) in [6.07, 6.45) is 13.4. The number of hydrogen-bond acceptors (Lipinski definition) is 2. The molecule has 0 amide bonds. The highest BCUT2D eigenvalue weighted by molar-refractivity contribution is 6.73. The SMILES string of the molecule is CC[Si](CC)(CC)OC1=C2CCC[C@]23C=CC=C[C@H](CC1)C3=O. The number of rotatable bonds is 5. The second-order valence-electron chi connectivity index (χ2n) is 7.33. The zero-order valence-electron chi connectivity index (χ0n) is 14.9. The molecule has 0 unspecified atom stereocenters. The number of carbonyl (C=O) groups excluding carboxylic acids is 1. The van der Waals surface area contributed by atoms with Crippen LogP contribution in [0.5, 0.6) is 0 Å². The topological polar surface area (TPSA) is 26.3 Å². The molecule has 1 saturated carbocycles. The standard InChI is InChI=1S/C20H30O2Si/c1-4-23(5-2,6-3)22-18-13-12-16-10-7-8-14-20(19(16)21)15-9-11-17(18)20/h7-8,10,14,16H,4-6,9,11-13,15H2,1-3H3/t16-,20-/m1/s1. The van der Waals surface area contributed by atoms with Gasteiger partial charge in [-0.25, -0.2) is 0 Å². The molecule has 3 heteroatoms. The highest BCUT2D eigenvalue weighted by Gasteiger charge is 2.49. The minimum absolute atomic E-state index is 0.0696. The van der Waals surface area contributed by atoms with Gasteiger partial charge in [-0.3, -0.25) is 4.79 Å². The highest BCUT2D eigenvalue weighted by atomic mass is 28.4. The van der Waals surface area contributed by atoms with Crippen LogP contribution in [0.2, 0.25) is 18.1 Å². The minimum Gasteiger partial charge on any atom is -0.547 e. The second kappa shape index (κ2) is 6.43. The number of Topliss-reactive ketones (excluding diaryl/α,β-unsaturated/α-hetero) is 1. The third-order valence-electron chi connectivity index (χ3n) is 6.44. The van der Waals surface area contributed by atoms with Crippen LogP contribution in [-0.2, 0) is 9.22 Å². The fourth-order valence-electron chi connectivity index (χ4n) is 4.69. The van der Waals surface area contributed by atoms with Crippen molar-refractivity contribution in [2.75, 3.05) is 0 Å². The summed E-state index contributed by atoms with van der Waals surface area (Å²) in [5.41, 5.74) is 0.979. The fourth-order valence-corrected chi connectivity index (χ4v) is 7.37.